The van der Waals surface area contributed by atoms with Crippen LogP contribution in [0.4, 0.5) is 8.78 Å². The second kappa shape index (κ2) is 8.64. The van der Waals surface area contributed by atoms with E-state index in [0.29, 0.717) is 19.3 Å². The molecule has 5 aliphatic rings. The van der Waals surface area contributed by atoms with Gasteiger partial charge in [-0.3, -0.25) is 4.79 Å². The number of halogens is 2. The normalized spacial score (nSPS) is 43.8. The molecule has 0 amide bonds. The third-order valence-electron chi connectivity index (χ3n) is 9.75. The fourth-order valence-electron chi connectivity index (χ4n) is 7.99. The number of fused-ring (bicyclic) bond motifs is 7. The predicted molar refractivity (Wildman–Crippen MR) is 140 cm³/mol. The standard InChI is InChI=1S/C30H36F2O5S/c1-16-8-10-28(5)17(12-16)6-7-19-18-13-24-29(23(34)15-35-27(2,3)4,20(18)14-22(33)30(19,28)32)37-26(36-24)25-21(31)9-11-38-25/h8-12,18-20,22,24,26,33H,1,6-7,13-15H2,2-5H3/t18-,19-,20?,22-,24+,26+,28-,29+,30-/m0/s1. The molecule has 4 fully saturated rings. The van der Waals surface area contributed by atoms with Gasteiger partial charge >= 0.3 is 0 Å². The van der Waals surface area contributed by atoms with Gasteiger partial charge in [0.2, 0.25) is 0 Å². The molecule has 3 saturated carbocycles. The van der Waals surface area contributed by atoms with E-state index in [1.54, 1.807) is 5.38 Å². The lowest BCUT2D eigenvalue weighted by molar-refractivity contribution is -0.204. The van der Waals surface area contributed by atoms with Crippen molar-refractivity contribution in [1.29, 1.82) is 0 Å². The van der Waals surface area contributed by atoms with Crippen molar-refractivity contribution in [2.45, 2.75) is 88.7 Å². The van der Waals surface area contributed by atoms with Crippen LogP contribution in [-0.2, 0) is 19.0 Å². The molecule has 1 saturated heterocycles. The summed E-state index contributed by atoms with van der Waals surface area (Å²) in [6.45, 7) is 11.3. The molecule has 0 aromatic carbocycles. The first-order valence-electron chi connectivity index (χ1n) is 13.5. The number of Topliss-reactive ketones (excluding diaryl/α,β-unsaturated/α-hetero) is 1. The Bertz CT molecular complexity index is 1230. The van der Waals surface area contributed by atoms with Crippen molar-refractivity contribution in [2.75, 3.05) is 6.61 Å². The van der Waals surface area contributed by atoms with Crippen molar-refractivity contribution in [2.24, 2.45) is 23.2 Å². The van der Waals surface area contributed by atoms with Gasteiger partial charge in [0.15, 0.2) is 23.3 Å². The maximum Gasteiger partial charge on any atom is 0.197 e. The molecule has 6 rings (SSSR count). The number of aliphatic hydroxyl groups excluding tert-OH is 1. The van der Waals surface area contributed by atoms with E-state index < -0.39 is 58.4 Å². The molecule has 8 heteroatoms. The molecule has 0 spiro atoms. The quantitative estimate of drug-likeness (QED) is 0.502. The Labute approximate surface area is 226 Å². The van der Waals surface area contributed by atoms with Gasteiger partial charge in [0.05, 0.1) is 22.7 Å². The van der Waals surface area contributed by atoms with Gasteiger partial charge in [0, 0.05) is 17.3 Å². The second-order valence-corrected chi connectivity index (χ2v) is 13.7. The zero-order valence-electron chi connectivity index (χ0n) is 22.3. The van der Waals surface area contributed by atoms with Crippen LogP contribution in [-0.4, -0.2) is 46.6 Å². The summed E-state index contributed by atoms with van der Waals surface area (Å²) >= 11 is 1.18. The Kier molecular flexibility index (Phi) is 6.03. The summed E-state index contributed by atoms with van der Waals surface area (Å²) in [6.07, 6.45) is 4.31. The number of hydrogen-bond donors (Lipinski definition) is 1. The number of thiophene rings is 1. The minimum absolute atomic E-state index is 0.0517. The van der Waals surface area contributed by atoms with Gasteiger partial charge < -0.3 is 19.3 Å². The average molecular weight is 547 g/mol. The molecule has 2 heterocycles. The molecule has 0 radical (unpaired) electrons. The number of carbonyl (C=O) groups excluding carboxylic acids is 1. The van der Waals surface area contributed by atoms with Crippen LogP contribution in [0.25, 0.3) is 0 Å². The van der Waals surface area contributed by atoms with Gasteiger partial charge in [-0.2, -0.15) is 0 Å². The van der Waals surface area contributed by atoms with E-state index in [4.69, 9.17) is 14.2 Å². The van der Waals surface area contributed by atoms with Crippen LogP contribution in [0.1, 0.15) is 64.5 Å². The van der Waals surface area contributed by atoms with E-state index in [0.717, 1.165) is 11.1 Å². The van der Waals surface area contributed by atoms with E-state index in [2.05, 4.69) is 6.58 Å². The zero-order chi connectivity index (χ0) is 27.3. The Morgan fingerprint density at radius 1 is 1.32 bits per heavy atom. The van der Waals surface area contributed by atoms with Crippen molar-refractivity contribution in [3.63, 3.8) is 0 Å². The van der Waals surface area contributed by atoms with Gasteiger partial charge in [-0.05, 0) is 76.3 Å². The lowest BCUT2D eigenvalue weighted by atomic mass is 9.48. The molecule has 38 heavy (non-hydrogen) atoms. The minimum Gasteiger partial charge on any atom is -0.390 e. The molecule has 5 nitrogen and oxygen atoms in total. The monoisotopic (exact) mass is 546 g/mol. The fraction of sp³-hybridized carbons (Fsp3) is 0.633. The van der Waals surface area contributed by atoms with Gasteiger partial charge in [-0.15, -0.1) is 11.3 Å². The summed E-state index contributed by atoms with van der Waals surface area (Å²) in [6, 6.07) is 1.35. The first kappa shape index (κ1) is 26.5. The number of ether oxygens (including phenoxy) is 3. The minimum atomic E-state index is -1.90. The molecule has 0 bridgehead atoms. The fourth-order valence-corrected chi connectivity index (χ4v) is 8.72. The highest BCUT2D eigenvalue weighted by molar-refractivity contribution is 7.10. The third-order valence-corrected chi connectivity index (χ3v) is 10.7. The summed E-state index contributed by atoms with van der Waals surface area (Å²) in [5.74, 6) is -1.94. The number of aliphatic hydroxyl groups is 1. The van der Waals surface area contributed by atoms with E-state index >= 15 is 4.39 Å². The molecular formula is C30H36F2O5S. The number of alkyl halides is 1. The molecule has 1 unspecified atom stereocenters. The topological polar surface area (TPSA) is 65.0 Å². The van der Waals surface area contributed by atoms with Crippen LogP contribution in [0, 0.1) is 29.0 Å². The van der Waals surface area contributed by atoms with E-state index in [1.165, 1.54) is 17.4 Å². The van der Waals surface area contributed by atoms with E-state index in [1.807, 2.05) is 45.9 Å². The highest BCUT2D eigenvalue weighted by Gasteiger charge is 2.75. The van der Waals surface area contributed by atoms with Crippen LogP contribution in [0.15, 0.2) is 47.4 Å². The first-order chi connectivity index (χ1) is 17.8. The molecule has 206 valence electrons. The van der Waals surface area contributed by atoms with Gasteiger partial charge in [0.25, 0.3) is 0 Å². The van der Waals surface area contributed by atoms with E-state index in [9.17, 15) is 14.3 Å². The Balaban J connectivity index is 1.39. The first-order valence-corrected chi connectivity index (χ1v) is 14.4. The van der Waals surface area contributed by atoms with Crippen molar-refractivity contribution < 1.29 is 32.9 Å². The largest absolute Gasteiger partial charge is 0.390 e. The van der Waals surface area contributed by atoms with Crippen LogP contribution in [0.3, 0.4) is 0 Å². The summed E-state index contributed by atoms with van der Waals surface area (Å²) in [5, 5.41) is 13.2. The lowest BCUT2D eigenvalue weighted by Crippen LogP contribution is -2.66. The van der Waals surface area contributed by atoms with Gasteiger partial charge in [0.1, 0.15) is 12.4 Å². The number of rotatable bonds is 4. The second-order valence-electron chi connectivity index (χ2n) is 12.8. The van der Waals surface area contributed by atoms with Crippen molar-refractivity contribution in [3.05, 3.63) is 58.1 Å². The highest BCUT2D eigenvalue weighted by atomic mass is 32.1. The summed E-state index contributed by atoms with van der Waals surface area (Å²) in [5.41, 5.74) is -3.08. The Hall–Kier alpha value is -1.71. The number of allylic oxidation sites excluding steroid dienone is 5. The van der Waals surface area contributed by atoms with Gasteiger partial charge in [-0.25, -0.2) is 8.78 Å². The van der Waals surface area contributed by atoms with Crippen molar-refractivity contribution >= 4 is 17.1 Å². The maximum absolute atomic E-state index is 17.4. The molecule has 1 aromatic rings. The molecule has 9 atom stereocenters. The molecule has 1 aromatic heterocycles. The summed E-state index contributed by atoms with van der Waals surface area (Å²) in [7, 11) is 0. The summed E-state index contributed by atoms with van der Waals surface area (Å²) in [4.78, 5) is 14.3. The van der Waals surface area contributed by atoms with E-state index in [-0.39, 0.29) is 29.6 Å². The van der Waals surface area contributed by atoms with Crippen molar-refractivity contribution in [3.8, 4) is 0 Å². The maximum atomic E-state index is 17.4. The Morgan fingerprint density at radius 2 is 2.08 bits per heavy atom. The lowest BCUT2D eigenvalue weighted by Gasteiger charge is -2.60. The molecule has 1 aliphatic heterocycles. The number of hydrogen-bond acceptors (Lipinski definition) is 6. The number of carbonyl (C=O) groups is 1. The Morgan fingerprint density at radius 3 is 2.76 bits per heavy atom. The SMILES string of the molecule is C=C1C=C[C@@]2(C)C(=C1)CC[C@H]1[C@@H]3C[C@H]4O[C@@H](c5sccc5F)O[C@@]4(C(=O)COC(C)(C)C)C3C[C@H](O)[C@@]12F. The van der Waals surface area contributed by atoms with Crippen LogP contribution >= 0.6 is 11.3 Å². The van der Waals surface area contributed by atoms with Crippen LogP contribution in [0.2, 0.25) is 0 Å². The van der Waals surface area contributed by atoms with Crippen molar-refractivity contribution in [1.82, 2.24) is 0 Å². The van der Waals surface area contributed by atoms with Crippen LogP contribution < -0.4 is 0 Å². The average Bonchev–Trinajstić information content (AvgIpc) is 3.51. The molecule has 1 N–H and O–H groups in total. The molecule has 4 aliphatic carbocycles. The highest BCUT2D eigenvalue weighted by Crippen LogP contribution is 2.68. The van der Waals surface area contributed by atoms with Gasteiger partial charge in [-0.1, -0.05) is 30.4 Å². The molecular weight excluding hydrogens is 510 g/mol. The van der Waals surface area contributed by atoms with Crippen LogP contribution in [0.5, 0.6) is 0 Å². The smallest absolute Gasteiger partial charge is 0.197 e. The predicted octanol–water partition coefficient (Wildman–Crippen LogP) is 6.00. The zero-order valence-corrected chi connectivity index (χ0v) is 23.2. The third kappa shape index (κ3) is 3.56. The number of ketones is 1. The summed E-state index contributed by atoms with van der Waals surface area (Å²) < 4.78 is 50.6.